The minimum atomic E-state index is 0.523. The van der Waals surface area contributed by atoms with Gasteiger partial charge in [-0.05, 0) is 31.7 Å². The average Bonchev–Trinajstić information content (AvgIpc) is 3.34. The van der Waals surface area contributed by atoms with Crippen LogP contribution in [0.25, 0.3) is 0 Å². The van der Waals surface area contributed by atoms with Gasteiger partial charge in [0, 0.05) is 44.0 Å². The van der Waals surface area contributed by atoms with E-state index in [0.29, 0.717) is 6.04 Å². The minimum Gasteiger partial charge on any atom is -0.383 e. The van der Waals surface area contributed by atoms with Gasteiger partial charge in [0.2, 0.25) is 0 Å². The third-order valence-corrected chi connectivity index (χ3v) is 4.22. The van der Waals surface area contributed by atoms with Crippen molar-refractivity contribution in [2.75, 3.05) is 25.2 Å². The third-order valence-electron chi connectivity index (χ3n) is 4.22. The van der Waals surface area contributed by atoms with Crippen molar-refractivity contribution in [3.05, 3.63) is 23.9 Å². The summed E-state index contributed by atoms with van der Waals surface area (Å²) < 4.78 is 5.30. The molecule has 4 heteroatoms. The zero-order valence-corrected chi connectivity index (χ0v) is 13.6. The van der Waals surface area contributed by atoms with Crippen molar-refractivity contribution in [1.82, 2.24) is 10.3 Å². The van der Waals surface area contributed by atoms with E-state index in [1.807, 2.05) is 12.3 Å². The number of hydrogen-bond donors (Lipinski definition) is 1. The highest BCUT2D eigenvalue weighted by atomic mass is 16.5. The Morgan fingerprint density at radius 3 is 2.76 bits per heavy atom. The fourth-order valence-electron chi connectivity index (χ4n) is 2.75. The number of nitrogens with zero attached hydrogens (tertiary/aromatic N) is 2. The van der Waals surface area contributed by atoms with Crippen molar-refractivity contribution >= 4 is 5.82 Å². The highest BCUT2D eigenvalue weighted by Gasteiger charge is 2.23. The molecule has 0 atom stereocenters. The maximum absolute atomic E-state index is 5.30. The van der Waals surface area contributed by atoms with Crippen LogP contribution in [0.4, 0.5) is 5.82 Å². The first-order valence-corrected chi connectivity index (χ1v) is 8.23. The monoisotopic (exact) mass is 291 g/mol. The molecular formula is C17H29N3O. The molecule has 1 aromatic heterocycles. The van der Waals surface area contributed by atoms with Crippen LogP contribution in [0.1, 0.15) is 45.1 Å². The number of rotatable bonds is 10. The molecule has 0 saturated heterocycles. The van der Waals surface area contributed by atoms with Gasteiger partial charge < -0.3 is 15.0 Å². The van der Waals surface area contributed by atoms with Crippen LogP contribution in [0.5, 0.6) is 0 Å². The summed E-state index contributed by atoms with van der Waals surface area (Å²) >= 11 is 0. The number of pyridine rings is 1. The van der Waals surface area contributed by atoms with Gasteiger partial charge in [0.05, 0.1) is 6.61 Å². The van der Waals surface area contributed by atoms with Crippen molar-refractivity contribution < 1.29 is 4.74 Å². The fourth-order valence-corrected chi connectivity index (χ4v) is 2.75. The van der Waals surface area contributed by atoms with E-state index in [1.165, 1.54) is 18.4 Å². The SMILES string of the molecule is CCC(CC)N(CCOC)c1ncccc1CNC1CC1. The van der Waals surface area contributed by atoms with Crippen LogP contribution in [0.15, 0.2) is 18.3 Å². The van der Waals surface area contributed by atoms with Crippen molar-refractivity contribution in [2.45, 2.75) is 58.2 Å². The normalized spacial score (nSPS) is 14.7. The van der Waals surface area contributed by atoms with Crippen molar-refractivity contribution in [1.29, 1.82) is 0 Å². The summed E-state index contributed by atoms with van der Waals surface area (Å²) in [6.07, 6.45) is 6.79. The Morgan fingerprint density at radius 1 is 1.38 bits per heavy atom. The first-order valence-electron chi connectivity index (χ1n) is 8.23. The molecule has 0 spiro atoms. The zero-order chi connectivity index (χ0) is 15.1. The van der Waals surface area contributed by atoms with Crippen LogP contribution in [0.3, 0.4) is 0 Å². The molecule has 0 aliphatic heterocycles. The molecule has 0 radical (unpaired) electrons. The molecule has 1 aliphatic rings. The highest BCUT2D eigenvalue weighted by Crippen LogP contribution is 2.24. The van der Waals surface area contributed by atoms with Gasteiger partial charge in [-0.25, -0.2) is 4.98 Å². The summed E-state index contributed by atoms with van der Waals surface area (Å²) in [6, 6.07) is 5.47. The second-order valence-electron chi connectivity index (χ2n) is 5.80. The van der Waals surface area contributed by atoms with Crippen LogP contribution in [-0.2, 0) is 11.3 Å². The van der Waals surface area contributed by atoms with E-state index >= 15 is 0 Å². The van der Waals surface area contributed by atoms with Crippen molar-refractivity contribution in [3.8, 4) is 0 Å². The largest absolute Gasteiger partial charge is 0.383 e. The van der Waals surface area contributed by atoms with Crippen LogP contribution in [0, 0.1) is 0 Å². The fraction of sp³-hybridized carbons (Fsp3) is 0.706. The van der Waals surface area contributed by atoms with Crippen LogP contribution < -0.4 is 10.2 Å². The number of nitrogens with one attached hydrogen (secondary N) is 1. The molecule has 4 nitrogen and oxygen atoms in total. The second-order valence-corrected chi connectivity index (χ2v) is 5.80. The molecule has 0 bridgehead atoms. The van der Waals surface area contributed by atoms with Gasteiger partial charge in [0.1, 0.15) is 5.82 Å². The number of aromatic nitrogens is 1. The van der Waals surface area contributed by atoms with Gasteiger partial charge in [-0.15, -0.1) is 0 Å². The van der Waals surface area contributed by atoms with Crippen molar-refractivity contribution in [3.63, 3.8) is 0 Å². The first-order chi connectivity index (χ1) is 10.3. The summed E-state index contributed by atoms with van der Waals surface area (Å²) in [5, 5.41) is 3.60. The molecule has 2 rings (SSSR count). The molecule has 1 heterocycles. The Bertz CT molecular complexity index is 416. The lowest BCUT2D eigenvalue weighted by molar-refractivity contribution is 0.202. The van der Waals surface area contributed by atoms with Gasteiger partial charge in [-0.1, -0.05) is 19.9 Å². The third kappa shape index (κ3) is 4.68. The topological polar surface area (TPSA) is 37.4 Å². The lowest BCUT2D eigenvalue weighted by Crippen LogP contribution is -2.38. The molecule has 1 fully saturated rings. The molecule has 21 heavy (non-hydrogen) atoms. The Kier molecular flexibility index (Phi) is 6.46. The summed E-state index contributed by atoms with van der Waals surface area (Å²) in [7, 11) is 1.76. The highest BCUT2D eigenvalue weighted by molar-refractivity contribution is 5.47. The van der Waals surface area contributed by atoms with E-state index in [9.17, 15) is 0 Å². The summed E-state index contributed by atoms with van der Waals surface area (Å²) in [5.41, 5.74) is 1.30. The molecule has 0 amide bonds. The van der Waals surface area contributed by atoms with Gasteiger partial charge in [0.25, 0.3) is 0 Å². The molecule has 1 N–H and O–H groups in total. The first kappa shape index (κ1) is 16.2. The quantitative estimate of drug-likeness (QED) is 0.719. The lowest BCUT2D eigenvalue weighted by atomic mass is 10.1. The van der Waals surface area contributed by atoms with Gasteiger partial charge >= 0.3 is 0 Å². The van der Waals surface area contributed by atoms with E-state index in [-0.39, 0.29) is 0 Å². The molecular weight excluding hydrogens is 262 g/mol. The number of methoxy groups -OCH3 is 1. The molecule has 1 aliphatic carbocycles. The smallest absolute Gasteiger partial charge is 0.133 e. The minimum absolute atomic E-state index is 0.523. The predicted octanol–water partition coefficient (Wildman–Crippen LogP) is 2.98. The van der Waals surface area contributed by atoms with Crippen LogP contribution in [-0.4, -0.2) is 37.3 Å². The average molecular weight is 291 g/mol. The van der Waals surface area contributed by atoms with Crippen LogP contribution in [0.2, 0.25) is 0 Å². The maximum atomic E-state index is 5.30. The molecule has 118 valence electrons. The van der Waals surface area contributed by atoms with E-state index in [2.05, 4.69) is 35.1 Å². The molecule has 0 aromatic carbocycles. The van der Waals surface area contributed by atoms with Gasteiger partial charge in [-0.2, -0.15) is 0 Å². The number of hydrogen-bond acceptors (Lipinski definition) is 4. The Morgan fingerprint density at radius 2 is 2.14 bits per heavy atom. The Labute approximate surface area is 128 Å². The van der Waals surface area contributed by atoms with E-state index in [4.69, 9.17) is 4.74 Å². The predicted molar refractivity (Wildman–Crippen MR) is 87.7 cm³/mol. The Balaban J connectivity index is 2.15. The standard InChI is InChI=1S/C17H29N3O/c1-4-16(5-2)20(11-12-21-3)17-14(7-6-10-18-17)13-19-15-8-9-15/h6-7,10,15-16,19H,4-5,8-9,11-13H2,1-3H3. The summed E-state index contributed by atoms with van der Waals surface area (Å²) in [6.45, 7) is 7.05. The lowest BCUT2D eigenvalue weighted by Gasteiger charge is -2.33. The maximum Gasteiger partial charge on any atom is 0.133 e. The summed E-state index contributed by atoms with van der Waals surface area (Å²) in [5.74, 6) is 1.12. The van der Waals surface area contributed by atoms with Crippen molar-refractivity contribution in [2.24, 2.45) is 0 Å². The second kappa shape index (κ2) is 8.35. The Hall–Kier alpha value is -1.13. The van der Waals surface area contributed by atoms with Gasteiger partial charge in [-0.3, -0.25) is 0 Å². The number of ether oxygens (including phenoxy) is 1. The molecule has 0 unspecified atom stereocenters. The summed E-state index contributed by atoms with van der Waals surface area (Å²) in [4.78, 5) is 7.10. The van der Waals surface area contributed by atoms with E-state index in [1.54, 1.807) is 7.11 Å². The zero-order valence-electron chi connectivity index (χ0n) is 13.6. The van der Waals surface area contributed by atoms with E-state index < -0.39 is 0 Å². The van der Waals surface area contributed by atoms with Crippen LogP contribution >= 0.6 is 0 Å². The number of anilines is 1. The molecule has 1 aromatic rings. The van der Waals surface area contributed by atoms with E-state index in [0.717, 1.165) is 44.4 Å². The van der Waals surface area contributed by atoms with Gasteiger partial charge in [0.15, 0.2) is 0 Å². The molecule has 1 saturated carbocycles.